The van der Waals surface area contributed by atoms with Gasteiger partial charge in [0.2, 0.25) is 46.7 Å². The predicted molar refractivity (Wildman–Crippen MR) is 118 cm³/mol. The SMILES string of the molecule is Fc1cccc(CNc2nc(NCCc3ccccc3)nc(Oc3c(F)c(F)c(F)c(F)c3F)n2)c1. The van der Waals surface area contributed by atoms with E-state index in [2.05, 4.69) is 25.6 Å². The Morgan fingerprint density at radius 2 is 1.25 bits per heavy atom. The highest BCUT2D eigenvalue weighted by atomic mass is 19.2. The summed E-state index contributed by atoms with van der Waals surface area (Å²) >= 11 is 0. The van der Waals surface area contributed by atoms with Gasteiger partial charge >= 0.3 is 6.01 Å². The second-order valence-corrected chi connectivity index (χ2v) is 7.41. The Morgan fingerprint density at radius 3 is 1.92 bits per heavy atom. The van der Waals surface area contributed by atoms with Crippen molar-refractivity contribution in [3.8, 4) is 11.8 Å². The van der Waals surface area contributed by atoms with Crippen LogP contribution in [-0.2, 0) is 13.0 Å². The maximum Gasteiger partial charge on any atom is 0.328 e. The van der Waals surface area contributed by atoms with Crippen molar-refractivity contribution in [1.82, 2.24) is 15.0 Å². The Morgan fingerprint density at radius 1 is 0.639 bits per heavy atom. The number of hydrogen-bond donors (Lipinski definition) is 2. The lowest BCUT2D eigenvalue weighted by Crippen LogP contribution is -2.13. The van der Waals surface area contributed by atoms with Crippen LogP contribution < -0.4 is 15.4 Å². The standard InChI is InChI=1S/C24H17F6N5O/c25-15-8-4-7-14(11-15)12-32-23-33-22(31-10-9-13-5-2-1-3-6-13)34-24(35-23)36-21-19(29)17(27)16(26)18(28)20(21)30/h1-8,11H,9-10,12H2,(H2,31,32,33,34,35). The van der Waals surface area contributed by atoms with Crippen LogP contribution in [-0.4, -0.2) is 21.5 Å². The number of nitrogens with zero attached hydrogens (tertiary/aromatic N) is 3. The van der Waals surface area contributed by atoms with Gasteiger partial charge in [-0.15, -0.1) is 0 Å². The Balaban J connectivity index is 1.60. The van der Waals surface area contributed by atoms with E-state index in [-0.39, 0.29) is 18.4 Å². The van der Waals surface area contributed by atoms with Crippen LogP contribution in [0, 0.1) is 34.9 Å². The lowest BCUT2D eigenvalue weighted by molar-refractivity contribution is 0.322. The number of benzene rings is 3. The Kier molecular flexibility index (Phi) is 7.52. The Labute approximate surface area is 201 Å². The highest BCUT2D eigenvalue weighted by molar-refractivity contribution is 5.39. The van der Waals surface area contributed by atoms with Gasteiger partial charge in [0.05, 0.1) is 0 Å². The molecule has 12 heteroatoms. The first-order chi connectivity index (χ1) is 17.3. The van der Waals surface area contributed by atoms with Gasteiger partial charge in [0, 0.05) is 13.1 Å². The third-order valence-electron chi connectivity index (χ3n) is 4.86. The highest BCUT2D eigenvalue weighted by Crippen LogP contribution is 2.32. The fourth-order valence-corrected chi connectivity index (χ4v) is 3.12. The predicted octanol–water partition coefficient (Wildman–Crippen LogP) is 5.77. The molecule has 36 heavy (non-hydrogen) atoms. The number of ether oxygens (including phenoxy) is 1. The van der Waals surface area contributed by atoms with Gasteiger partial charge in [-0.1, -0.05) is 42.5 Å². The largest absolute Gasteiger partial charge is 0.418 e. The molecule has 0 amide bonds. The van der Waals surface area contributed by atoms with Crippen molar-refractivity contribution in [2.45, 2.75) is 13.0 Å². The molecule has 0 aliphatic heterocycles. The summed E-state index contributed by atoms with van der Waals surface area (Å²) < 4.78 is 87.1. The molecule has 4 aromatic rings. The molecule has 3 aromatic carbocycles. The van der Waals surface area contributed by atoms with E-state index in [1.54, 1.807) is 6.07 Å². The van der Waals surface area contributed by atoms with Crippen LogP contribution in [0.15, 0.2) is 54.6 Å². The average molecular weight is 505 g/mol. The fraction of sp³-hybridized carbons (Fsp3) is 0.125. The topological polar surface area (TPSA) is 72.0 Å². The summed E-state index contributed by atoms with van der Waals surface area (Å²) in [6.07, 6.45) is 0.562. The number of aromatic nitrogens is 3. The second-order valence-electron chi connectivity index (χ2n) is 7.41. The first-order valence-corrected chi connectivity index (χ1v) is 10.5. The summed E-state index contributed by atoms with van der Waals surface area (Å²) in [5.41, 5.74) is 1.53. The number of hydrogen-bond acceptors (Lipinski definition) is 6. The van der Waals surface area contributed by atoms with E-state index in [1.165, 1.54) is 18.2 Å². The Bertz CT molecular complexity index is 1340. The van der Waals surface area contributed by atoms with Crippen molar-refractivity contribution in [2.24, 2.45) is 0 Å². The lowest BCUT2D eigenvalue weighted by atomic mass is 10.1. The number of nitrogens with one attached hydrogen (secondary N) is 2. The van der Waals surface area contributed by atoms with Crippen LogP contribution in [0.2, 0.25) is 0 Å². The summed E-state index contributed by atoms with van der Waals surface area (Å²) in [6, 6.07) is 14.3. The summed E-state index contributed by atoms with van der Waals surface area (Å²) in [7, 11) is 0. The summed E-state index contributed by atoms with van der Waals surface area (Å²) in [4.78, 5) is 11.8. The lowest BCUT2D eigenvalue weighted by Gasteiger charge is -2.12. The normalized spacial score (nSPS) is 10.8. The minimum absolute atomic E-state index is 0.0488. The smallest absolute Gasteiger partial charge is 0.328 e. The minimum atomic E-state index is -2.33. The fourth-order valence-electron chi connectivity index (χ4n) is 3.12. The molecule has 0 fully saturated rings. The zero-order valence-electron chi connectivity index (χ0n) is 18.3. The molecule has 0 unspecified atom stereocenters. The van der Waals surface area contributed by atoms with Gasteiger partial charge in [0.1, 0.15) is 5.82 Å². The second kappa shape index (κ2) is 10.9. The van der Waals surface area contributed by atoms with Crippen molar-refractivity contribution in [3.05, 3.63) is 101 Å². The van der Waals surface area contributed by atoms with Crippen molar-refractivity contribution in [2.75, 3.05) is 17.2 Å². The minimum Gasteiger partial charge on any atom is -0.418 e. The zero-order chi connectivity index (χ0) is 25.7. The first kappa shape index (κ1) is 24.8. The summed E-state index contributed by atoms with van der Waals surface area (Å²) in [6.45, 7) is 0.381. The van der Waals surface area contributed by atoms with Crippen molar-refractivity contribution in [1.29, 1.82) is 0 Å². The maximum absolute atomic E-state index is 14.1. The summed E-state index contributed by atoms with van der Waals surface area (Å²) in [5.74, 6) is -13.3. The molecule has 0 aliphatic rings. The van der Waals surface area contributed by atoms with E-state index >= 15 is 0 Å². The van der Waals surface area contributed by atoms with E-state index in [1.807, 2.05) is 30.3 Å². The molecule has 0 saturated heterocycles. The van der Waals surface area contributed by atoms with Gasteiger partial charge in [-0.3, -0.25) is 0 Å². The molecule has 1 aromatic heterocycles. The van der Waals surface area contributed by atoms with Crippen molar-refractivity contribution in [3.63, 3.8) is 0 Å². The van der Waals surface area contributed by atoms with Crippen LogP contribution in [0.4, 0.5) is 38.2 Å². The molecule has 186 valence electrons. The first-order valence-electron chi connectivity index (χ1n) is 10.5. The van der Waals surface area contributed by atoms with Gasteiger partial charge in [0.25, 0.3) is 0 Å². The molecule has 2 N–H and O–H groups in total. The highest BCUT2D eigenvalue weighted by Gasteiger charge is 2.28. The van der Waals surface area contributed by atoms with Gasteiger partial charge < -0.3 is 15.4 Å². The van der Waals surface area contributed by atoms with E-state index < -0.39 is 46.7 Å². The molecular weight excluding hydrogens is 488 g/mol. The number of rotatable bonds is 9. The summed E-state index contributed by atoms with van der Waals surface area (Å²) in [5, 5.41) is 5.67. The number of halogens is 6. The van der Waals surface area contributed by atoms with Crippen molar-refractivity contribution < 1.29 is 31.1 Å². The zero-order valence-corrected chi connectivity index (χ0v) is 18.3. The quantitative estimate of drug-likeness (QED) is 0.171. The Hall–Kier alpha value is -4.35. The van der Waals surface area contributed by atoms with Crippen LogP contribution in [0.1, 0.15) is 11.1 Å². The molecular formula is C24H17F6N5O. The van der Waals surface area contributed by atoms with E-state index in [9.17, 15) is 26.3 Å². The molecule has 0 radical (unpaired) electrons. The van der Waals surface area contributed by atoms with E-state index in [0.717, 1.165) is 5.56 Å². The van der Waals surface area contributed by atoms with Crippen LogP contribution in [0.3, 0.4) is 0 Å². The molecule has 6 nitrogen and oxygen atoms in total. The molecule has 1 heterocycles. The van der Waals surface area contributed by atoms with Crippen molar-refractivity contribution >= 4 is 11.9 Å². The third kappa shape index (κ3) is 5.82. The van der Waals surface area contributed by atoms with Crippen LogP contribution >= 0.6 is 0 Å². The molecule has 0 aliphatic carbocycles. The molecule has 0 saturated carbocycles. The van der Waals surface area contributed by atoms with E-state index in [0.29, 0.717) is 18.5 Å². The van der Waals surface area contributed by atoms with Gasteiger partial charge in [-0.05, 0) is 29.7 Å². The van der Waals surface area contributed by atoms with Gasteiger partial charge in [0.15, 0.2) is 0 Å². The number of anilines is 2. The maximum atomic E-state index is 14.1. The van der Waals surface area contributed by atoms with Gasteiger partial charge in [-0.25, -0.2) is 17.6 Å². The molecule has 0 bridgehead atoms. The molecule has 0 atom stereocenters. The average Bonchev–Trinajstić information content (AvgIpc) is 2.88. The monoisotopic (exact) mass is 505 g/mol. The van der Waals surface area contributed by atoms with Gasteiger partial charge in [-0.2, -0.15) is 23.7 Å². The van der Waals surface area contributed by atoms with E-state index in [4.69, 9.17) is 4.74 Å². The van der Waals surface area contributed by atoms with Crippen LogP contribution in [0.25, 0.3) is 0 Å². The van der Waals surface area contributed by atoms with Crippen LogP contribution in [0.5, 0.6) is 11.8 Å². The molecule has 0 spiro atoms. The third-order valence-corrected chi connectivity index (χ3v) is 4.86. The molecule has 4 rings (SSSR count).